The number of halogens is 1. The maximum absolute atomic E-state index is 13.5. The maximum atomic E-state index is 13.5. The summed E-state index contributed by atoms with van der Waals surface area (Å²) in [6.07, 6.45) is 1.17. The van der Waals surface area contributed by atoms with E-state index in [9.17, 15) is 9.59 Å². The highest BCUT2D eigenvalue weighted by Crippen LogP contribution is 2.29. The van der Waals surface area contributed by atoms with Gasteiger partial charge in [0.25, 0.3) is 0 Å². The van der Waals surface area contributed by atoms with E-state index in [2.05, 4.69) is 10.6 Å². The number of ether oxygens (including phenoxy) is 1. The van der Waals surface area contributed by atoms with Gasteiger partial charge in [0.15, 0.2) is 0 Å². The van der Waals surface area contributed by atoms with E-state index in [1.807, 2.05) is 54.6 Å². The molecule has 1 aliphatic heterocycles. The van der Waals surface area contributed by atoms with Gasteiger partial charge in [0.05, 0.1) is 12.8 Å². The van der Waals surface area contributed by atoms with E-state index in [0.717, 1.165) is 23.2 Å². The predicted octanol–water partition coefficient (Wildman–Crippen LogP) is 4.67. The van der Waals surface area contributed by atoms with Gasteiger partial charge in [0.1, 0.15) is 11.8 Å². The zero-order valence-electron chi connectivity index (χ0n) is 17.7. The van der Waals surface area contributed by atoms with E-state index >= 15 is 0 Å². The van der Waals surface area contributed by atoms with E-state index < -0.39 is 12.1 Å². The molecule has 3 aromatic carbocycles. The fraction of sp³-hybridized carbons (Fsp3) is 0.200. The summed E-state index contributed by atoms with van der Waals surface area (Å²) in [5.41, 5.74) is 3.41. The average molecular weight is 450 g/mol. The lowest BCUT2D eigenvalue weighted by molar-refractivity contribution is -0.120. The standard InChI is InChI=1S/C25H24ClN3O3/c1-32-23-12-11-19(26)16-20(23)27-25(31)28-21(15-17-7-3-2-4-8-17)24(30)29-14-13-18-9-5-6-10-22(18)29/h2-12,16,21H,13-15H2,1H3,(H2,27,28,31)/t21-/m0/s1. The average Bonchev–Trinajstić information content (AvgIpc) is 3.23. The highest BCUT2D eigenvalue weighted by atomic mass is 35.5. The maximum Gasteiger partial charge on any atom is 0.320 e. The van der Waals surface area contributed by atoms with E-state index in [0.29, 0.717) is 29.4 Å². The van der Waals surface area contributed by atoms with Crippen molar-refractivity contribution >= 4 is 34.9 Å². The van der Waals surface area contributed by atoms with Crippen molar-refractivity contribution in [3.63, 3.8) is 0 Å². The van der Waals surface area contributed by atoms with Gasteiger partial charge in [-0.1, -0.05) is 60.1 Å². The van der Waals surface area contributed by atoms with Gasteiger partial charge < -0.3 is 20.3 Å². The van der Waals surface area contributed by atoms with Crippen LogP contribution in [-0.4, -0.2) is 31.6 Å². The molecule has 2 N–H and O–H groups in total. The number of methoxy groups -OCH3 is 1. The van der Waals surface area contributed by atoms with Crippen LogP contribution < -0.4 is 20.3 Å². The summed E-state index contributed by atoms with van der Waals surface area (Å²) < 4.78 is 5.29. The fourth-order valence-electron chi connectivity index (χ4n) is 3.90. The van der Waals surface area contributed by atoms with Crippen LogP contribution in [0.3, 0.4) is 0 Å². The third-order valence-corrected chi connectivity index (χ3v) is 5.68. The molecule has 3 aromatic rings. The van der Waals surface area contributed by atoms with Crippen molar-refractivity contribution in [1.82, 2.24) is 5.32 Å². The Morgan fingerprint density at radius 2 is 1.81 bits per heavy atom. The monoisotopic (exact) mass is 449 g/mol. The second kappa shape index (κ2) is 9.75. The molecule has 4 rings (SSSR count). The fourth-order valence-corrected chi connectivity index (χ4v) is 4.07. The number of nitrogens with one attached hydrogen (secondary N) is 2. The van der Waals surface area contributed by atoms with Crippen LogP contribution in [0.15, 0.2) is 72.8 Å². The molecule has 0 aromatic heterocycles. The molecule has 0 aliphatic carbocycles. The number of fused-ring (bicyclic) bond motifs is 1. The lowest BCUT2D eigenvalue weighted by Crippen LogP contribution is -2.50. The molecular formula is C25H24ClN3O3. The van der Waals surface area contributed by atoms with E-state index in [4.69, 9.17) is 16.3 Å². The lowest BCUT2D eigenvalue weighted by Gasteiger charge is -2.25. The Morgan fingerprint density at radius 3 is 2.59 bits per heavy atom. The molecule has 6 nitrogen and oxygen atoms in total. The van der Waals surface area contributed by atoms with Crippen molar-refractivity contribution in [2.24, 2.45) is 0 Å². The van der Waals surface area contributed by atoms with E-state index in [1.54, 1.807) is 23.1 Å². The number of rotatable bonds is 6. The molecule has 1 heterocycles. The molecule has 0 saturated heterocycles. The Kier molecular flexibility index (Phi) is 6.61. The summed E-state index contributed by atoms with van der Waals surface area (Å²) in [4.78, 5) is 28.1. The number of nitrogens with zero attached hydrogens (tertiary/aromatic N) is 1. The molecule has 0 unspecified atom stereocenters. The quantitative estimate of drug-likeness (QED) is 0.574. The SMILES string of the molecule is COc1ccc(Cl)cc1NC(=O)N[C@@H](Cc1ccccc1)C(=O)N1CCc2ccccc21. The third-order valence-electron chi connectivity index (χ3n) is 5.45. The van der Waals surface area contributed by atoms with Crippen LogP contribution in [0.25, 0.3) is 0 Å². The summed E-state index contributed by atoms with van der Waals surface area (Å²) in [7, 11) is 1.51. The van der Waals surface area contributed by atoms with Crippen molar-refractivity contribution in [3.05, 3.63) is 88.9 Å². The van der Waals surface area contributed by atoms with Gasteiger partial charge in [-0.25, -0.2) is 4.79 Å². The topological polar surface area (TPSA) is 70.7 Å². The summed E-state index contributed by atoms with van der Waals surface area (Å²) in [5.74, 6) is 0.330. The van der Waals surface area contributed by atoms with Crippen molar-refractivity contribution in [2.75, 3.05) is 23.9 Å². The first-order valence-corrected chi connectivity index (χ1v) is 10.8. The molecule has 0 bridgehead atoms. The first kappa shape index (κ1) is 21.7. The molecule has 0 radical (unpaired) electrons. The largest absolute Gasteiger partial charge is 0.495 e. The highest BCUT2D eigenvalue weighted by molar-refractivity contribution is 6.31. The number of hydrogen-bond donors (Lipinski definition) is 2. The smallest absolute Gasteiger partial charge is 0.320 e. The summed E-state index contributed by atoms with van der Waals surface area (Å²) >= 11 is 6.07. The van der Waals surface area contributed by atoms with E-state index in [1.165, 1.54) is 7.11 Å². The number of carbonyl (C=O) groups excluding carboxylic acids is 2. The predicted molar refractivity (Wildman–Crippen MR) is 127 cm³/mol. The molecule has 164 valence electrons. The Bertz CT molecular complexity index is 1120. The van der Waals surface area contributed by atoms with Gasteiger partial charge in [-0.05, 0) is 41.8 Å². The number of anilines is 2. The van der Waals surface area contributed by atoms with Crippen molar-refractivity contribution in [2.45, 2.75) is 18.9 Å². The van der Waals surface area contributed by atoms with Crippen LogP contribution in [-0.2, 0) is 17.6 Å². The number of para-hydroxylation sites is 1. The Hall–Kier alpha value is -3.51. The number of amides is 3. The summed E-state index contributed by atoms with van der Waals surface area (Å²) in [6.45, 7) is 0.592. The van der Waals surface area contributed by atoms with Crippen LogP contribution in [0.4, 0.5) is 16.2 Å². The summed E-state index contributed by atoms with van der Waals surface area (Å²) in [6, 6.07) is 21.2. The van der Waals surface area contributed by atoms with Crippen LogP contribution in [0.5, 0.6) is 5.75 Å². The zero-order chi connectivity index (χ0) is 22.5. The highest BCUT2D eigenvalue weighted by Gasteiger charge is 2.31. The third kappa shape index (κ3) is 4.86. The van der Waals surface area contributed by atoms with Crippen LogP contribution in [0.1, 0.15) is 11.1 Å². The second-order valence-corrected chi connectivity index (χ2v) is 7.99. The molecule has 0 spiro atoms. The molecule has 32 heavy (non-hydrogen) atoms. The molecule has 1 atom stereocenters. The minimum atomic E-state index is -0.742. The molecular weight excluding hydrogens is 426 g/mol. The van der Waals surface area contributed by atoms with Gasteiger partial charge in [-0.15, -0.1) is 0 Å². The van der Waals surface area contributed by atoms with Gasteiger partial charge in [0, 0.05) is 23.7 Å². The minimum Gasteiger partial charge on any atom is -0.495 e. The van der Waals surface area contributed by atoms with Crippen LogP contribution in [0, 0.1) is 0 Å². The Balaban J connectivity index is 1.55. The molecule has 7 heteroatoms. The molecule has 0 fully saturated rings. The molecule has 3 amide bonds. The van der Waals surface area contributed by atoms with Crippen molar-refractivity contribution in [1.29, 1.82) is 0 Å². The van der Waals surface area contributed by atoms with Crippen molar-refractivity contribution < 1.29 is 14.3 Å². The first-order valence-electron chi connectivity index (χ1n) is 10.4. The number of carbonyl (C=O) groups is 2. The molecule has 1 aliphatic rings. The van der Waals surface area contributed by atoms with Crippen molar-refractivity contribution in [3.8, 4) is 5.75 Å². The van der Waals surface area contributed by atoms with Gasteiger partial charge in [-0.3, -0.25) is 4.79 Å². The van der Waals surface area contributed by atoms with E-state index in [-0.39, 0.29) is 5.91 Å². The Labute approximate surface area is 192 Å². The lowest BCUT2D eigenvalue weighted by atomic mass is 10.0. The number of benzene rings is 3. The van der Waals surface area contributed by atoms with Crippen LogP contribution >= 0.6 is 11.6 Å². The normalized spacial score (nSPS) is 13.2. The first-order chi connectivity index (χ1) is 15.5. The summed E-state index contributed by atoms with van der Waals surface area (Å²) in [5, 5.41) is 6.07. The van der Waals surface area contributed by atoms with Crippen LogP contribution in [0.2, 0.25) is 5.02 Å². The van der Waals surface area contributed by atoms with Gasteiger partial charge in [0.2, 0.25) is 5.91 Å². The number of urea groups is 1. The Morgan fingerprint density at radius 1 is 1.06 bits per heavy atom. The van der Waals surface area contributed by atoms with Gasteiger partial charge in [-0.2, -0.15) is 0 Å². The minimum absolute atomic E-state index is 0.146. The van der Waals surface area contributed by atoms with Gasteiger partial charge >= 0.3 is 6.03 Å². The zero-order valence-corrected chi connectivity index (χ0v) is 18.4. The number of hydrogen-bond acceptors (Lipinski definition) is 3. The molecule has 0 saturated carbocycles. The second-order valence-electron chi connectivity index (χ2n) is 7.55.